The van der Waals surface area contributed by atoms with Crippen LogP contribution in [0.5, 0.6) is 0 Å². The molecule has 148 valence electrons. The number of para-hydroxylation sites is 1. The summed E-state index contributed by atoms with van der Waals surface area (Å²) < 4.78 is 0. The highest BCUT2D eigenvalue weighted by Crippen LogP contribution is 2.45. The van der Waals surface area contributed by atoms with Crippen LogP contribution in [0, 0.1) is 0 Å². The average Bonchev–Trinajstić information content (AvgIpc) is 3.07. The molecule has 1 atom stereocenters. The van der Waals surface area contributed by atoms with Crippen molar-refractivity contribution in [2.45, 2.75) is 53.1 Å². The van der Waals surface area contributed by atoms with Gasteiger partial charge in [-0.25, -0.2) is 0 Å². The third-order valence-corrected chi connectivity index (χ3v) is 5.32. The molecule has 0 fully saturated rings. The Bertz CT molecular complexity index is 888. The molecule has 2 heterocycles. The van der Waals surface area contributed by atoms with Crippen molar-refractivity contribution in [3.8, 4) is 0 Å². The molecule has 28 heavy (non-hydrogen) atoms. The summed E-state index contributed by atoms with van der Waals surface area (Å²) in [6.45, 7) is 8.64. The molecule has 2 aliphatic rings. The lowest BCUT2D eigenvalue weighted by molar-refractivity contribution is -0.118. The van der Waals surface area contributed by atoms with Gasteiger partial charge in [-0.2, -0.15) is 0 Å². The lowest BCUT2D eigenvalue weighted by Gasteiger charge is -2.29. The Hall–Kier alpha value is -2.59. The van der Waals surface area contributed by atoms with Crippen molar-refractivity contribution >= 4 is 22.9 Å². The van der Waals surface area contributed by atoms with Gasteiger partial charge in [-0.1, -0.05) is 70.2 Å². The van der Waals surface area contributed by atoms with E-state index in [4.69, 9.17) is 4.84 Å². The molecule has 0 aliphatic carbocycles. The van der Waals surface area contributed by atoms with Gasteiger partial charge in [0.1, 0.15) is 0 Å². The summed E-state index contributed by atoms with van der Waals surface area (Å²) in [5.74, 6) is 1.06. The molecular formula is C24H30N2O2. The van der Waals surface area contributed by atoms with Crippen molar-refractivity contribution in [2.75, 3.05) is 11.9 Å². The second-order valence-electron chi connectivity index (χ2n) is 6.81. The molecular weight excluding hydrogens is 348 g/mol. The summed E-state index contributed by atoms with van der Waals surface area (Å²) in [7, 11) is 1.99. The van der Waals surface area contributed by atoms with Crippen LogP contribution in [-0.4, -0.2) is 24.1 Å². The van der Waals surface area contributed by atoms with Crippen LogP contribution >= 0.6 is 0 Å². The van der Waals surface area contributed by atoms with Crippen LogP contribution in [0.2, 0.25) is 0 Å². The van der Waals surface area contributed by atoms with Crippen LogP contribution in [-0.2, 0) is 16.2 Å². The molecule has 0 radical (unpaired) electrons. The molecule has 0 bridgehead atoms. The molecule has 1 amide bonds. The minimum absolute atomic E-state index is 0.136. The fourth-order valence-electron chi connectivity index (χ4n) is 4.03. The van der Waals surface area contributed by atoms with E-state index >= 15 is 0 Å². The molecule has 0 aromatic heterocycles. The number of rotatable bonds is 2. The monoisotopic (exact) mass is 378 g/mol. The van der Waals surface area contributed by atoms with Gasteiger partial charge in [-0.05, 0) is 18.1 Å². The number of hydrogen-bond donors (Lipinski definition) is 0. The third-order valence-electron chi connectivity index (χ3n) is 5.32. The first-order valence-electron chi connectivity index (χ1n) is 10.3. The van der Waals surface area contributed by atoms with Gasteiger partial charge in [0.2, 0.25) is 5.91 Å². The molecule has 2 aliphatic heterocycles. The van der Waals surface area contributed by atoms with Crippen LogP contribution in [0.25, 0.3) is 11.3 Å². The third kappa shape index (κ3) is 3.33. The van der Waals surface area contributed by atoms with Crippen molar-refractivity contribution in [3.05, 3.63) is 65.2 Å². The highest BCUT2D eigenvalue weighted by molar-refractivity contribution is 6.02. The van der Waals surface area contributed by atoms with Crippen LogP contribution in [0.1, 0.15) is 57.2 Å². The maximum atomic E-state index is 12.8. The fourth-order valence-corrected chi connectivity index (χ4v) is 4.03. The second-order valence-corrected chi connectivity index (χ2v) is 6.81. The summed E-state index contributed by atoms with van der Waals surface area (Å²) >= 11 is 0. The van der Waals surface area contributed by atoms with Crippen LogP contribution in [0.3, 0.4) is 0 Å². The van der Waals surface area contributed by atoms with Gasteiger partial charge in [0.15, 0.2) is 5.76 Å². The summed E-state index contributed by atoms with van der Waals surface area (Å²) in [4.78, 5) is 20.9. The highest BCUT2D eigenvalue weighted by Gasteiger charge is 2.37. The van der Waals surface area contributed by atoms with Crippen LogP contribution in [0.15, 0.2) is 48.5 Å². The number of amides is 1. The zero-order valence-corrected chi connectivity index (χ0v) is 17.5. The number of likely N-dealkylation sites (N-methyl/N-ethyl adjacent to an activating group) is 1. The Labute approximate surface area is 168 Å². The number of anilines is 1. The lowest BCUT2D eigenvalue weighted by Crippen LogP contribution is -2.32. The van der Waals surface area contributed by atoms with E-state index in [2.05, 4.69) is 25.1 Å². The van der Waals surface area contributed by atoms with Crippen LogP contribution < -0.4 is 4.90 Å². The van der Waals surface area contributed by atoms with Gasteiger partial charge in [0.05, 0.1) is 18.3 Å². The van der Waals surface area contributed by atoms with E-state index in [0.29, 0.717) is 13.0 Å². The first-order chi connectivity index (χ1) is 13.7. The SMILES string of the molecule is CC.CCC(=O)N1Cc2ccccc2C2=C(c3ccccc31)C(CC)N(C)O2. The first kappa shape index (κ1) is 20.2. The summed E-state index contributed by atoms with van der Waals surface area (Å²) in [5.41, 5.74) is 5.43. The second kappa shape index (κ2) is 8.61. The smallest absolute Gasteiger partial charge is 0.227 e. The van der Waals surface area contributed by atoms with E-state index in [9.17, 15) is 4.79 Å². The average molecular weight is 379 g/mol. The van der Waals surface area contributed by atoms with Gasteiger partial charge in [0, 0.05) is 30.2 Å². The first-order valence-corrected chi connectivity index (χ1v) is 10.3. The Balaban J connectivity index is 0.00000109. The number of carbonyl (C=O) groups is 1. The quantitative estimate of drug-likeness (QED) is 0.692. The Morgan fingerprint density at radius 3 is 2.36 bits per heavy atom. The Morgan fingerprint density at radius 1 is 1.04 bits per heavy atom. The number of benzene rings is 2. The van der Waals surface area contributed by atoms with Gasteiger partial charge < -0.3 is 9.74 Å². The molecule has 2 aromatic rings. The number of hydroxylamine groups is 2. The van der Waals surface area contributed by atoms with E-state index in [1.807, 2.05) is 68.1 Å². The fraction of sp³-hybridized carbons (Fsp3) is 0.375. The predicted octanol–water partition coefficient (Wildman–Crippen LogP) is 5.49. The van der Waals surface area contributed by atoms with E-state index in [1.165, 1.54) is 5.57 Å². The van der Waals surface area contributed by atoms with E-state index in [0.717, 1.165) is 34.6 Å². The maximum absolute atomic E-state index is 12.8. The Kier molecular flexibility index (Phi) is 6.20. The van der Waals surface area contributed by atoms with Crippen molar-refractivity contribution < 1.29 is 9.63 Å². The summed E-state index contributed by atoms with van der Waals surface area (Å²) in [6.07, 6.45) is 1.42. The number of fused-ring (bicyclic) bond motifs is 4. The topological polar surface area (TPSA) is 32.8 Å². The molecule has 0 N–H and O–H groups in total. The van der Waals surface area contributed by atoms with Gasteiger partial charge in [-0.15, -0.1) is 5.06 Å². The summed E-state index contributed by atoms with van der Waals surface area (Å²) in [6, 6.07) is 16.6. The normalized spacial score (nSPS) is 18.0. The van der Waals surface area contributed by atoms with Crippen molar-refractivity contribution in [2.24, 2.45) is 0 Å². The maximum Gasteiger partial charge on any atom is 0.227 e. The number of nitrogens with zero attached hydrogens (tertiary/aromatic N) is 2. The molecule has 0 spiro atoms. The zero-order chi connectivity index (χ0) is 20.3. The molecule has 4 heteroatoms. The molecule has 0 saturated heterocycles. The van der Waals surface area contributed by atoms with Gasteiger partial charge >= 0.3 is 0 Å². The minimum atomic E-state index is 0.136. The molecule has 4 rings (SSSR count). The molecule has 1 unspecified atom stereocenters. The summed E-state index contributed by atoms with van der Waals surface area (Å²) in [5, 5.41) is 1.94. The largest absolute Gasteiger partial charge is 0.405 e. The standard InChI is InChI=1S/C22H24N2O2.C2H6/c1-4-18-21-17-12-8-9-13-19(17)24(20(25)5-2)14-15-10-6-7-11-16(15)22(21)26-23(18)3;1-2/h6-13,18H,4-5,14H2,1-3H3;1-2H3. The molecule has 0 saturated carbocycles. The highest BCUT2D eigenvalue weighted by atomic mass is 16.7. The number of hydrogen-bond acceptors (Lipinski definition) is 3. The van der Waals surface area contributed by atoms with Gasteiger partial charge in [-0.3, -0.25) is 4.79 Å². The lowest BCUT2D eigenvalue weighted by atomic mass is 9.89. The minimum Gasteiger partial charge on any atom is -0.405 e. The van der Waals surface area contributed by atoms with Crippen LogP contribution in [0.4, 0.5) is 5.69 Å². The molecule has 2 aromatic carbocycles. The van der Waals surface area contributed by atoms with Crippen molar-refractivity contribution in [3.63, 3.8) is 0 Å². The predicted molar refractivity (Wildman–Crippen MR) is 115 cm³/mol. The van der Waals surface area contributed by atoms with E-state index < -0.39 is 0 Å². The Morgan fingerprint density at radius 2 is 1.68 bits per heavy atom. The van der Waals surface area contributed by atoms with E-state index in [1.54, 1.807) is 0 Å². The molecule has 4 nitrogen and oxygen atoms in total. The van der Waals surface area contributed by atoms with Gasteiger partial charge in [0.25, 0.3) is 0 Å². The van der Waals surface area contributed by atoms with Crippen molar-refractivity contribution in [1.29, 1.82) is 0 Å². The number of carbonyl (C=O) groups excluding carboxylic acids is 1. The van der Waals surface area contributed by atoms with Crippen molar-refractivity contribution in [1.82, 2.24) is 5.06 Å². The van der Waals surface area contributed by atoms with E-state index in [-0.39, 0.29) is 11.9 Å². The zero-order valence-electron chi connectivity index (χ0n) is 17.5.